The molecule has 1 fully saturated rings. The average Bonchev–Trinajstić information content (AvgIpc) is 1.94. The van der Waals surface area contributed by atoms with E-state index in [4.69, 9.17) is 0 Å². The van der Waals surface area contributed by atoms with Crippen molar-refractivity contribution >= 4 is 17.5 Å². The number of hydrogen-bond acceptors (Lipinski definition) is 3. The fourth-order valence-corrected chi connectivity index (χ4v) is 1.66. The van der Waals surface area contributed by atoms with Crippen LogP contribution in [0.2, 0.25) is 0 Å². The molecule has 1 heterocycles. The van der Waals surface area contributed by atoms with Gasteiger partial charge >= 0.3 is 0 Å². The first-order chi connectivity index (χ1) is 6.32. The van der Waals surface area contributed by atoms with Crippen LogP contribution in [0, 0.1) is 5.92 Å². The normalized spacial score (nSPS) is 25.8. The van der Waals surface area contributed by atoms with Gasteiger partial charge in [-0.15, -0.1) is 0 Å². The largest absolute Gasteiger partial charge is 0.350 e. The maximum atomic E-state index is 11.5. The van der Waals surface area contributed by atoms with E-state index in [9.17, 15) is 14.4 Å². The van der Waals surface area contributed by atoms with Crippen molar-refractivity contribution in [2.45, 2.75) is 39.2 Å². The lowest BCUT2D eigenvalue weighted by Gasteiger charge is -2.33. The molecule has 1 atom stereocenters. The zero-order valence-electron chi connectivity index (χ0n) is 8.72. The third kappa shape index (κ3) is 2.40. The van der Waals surface area contributed by atoms with E-state index in [-0.39, 0.29) is 23.9 Å². The molecule has 1 N–H and O–H groups in total. The van der Waals surface area contributed by atoms with E-state index in [2.05, 4.69) is 5.32 Å². The Hall–Kier alpha value is -1.19. The Balaban J connectivity index is 2.76. The van der Waals surface area contributed by atoms with E-state index < -0.39 is 11.5 Å². The summed E-state index contributed by atoms with van der Waals surface area (Å²) in [4.78, 5) is 33.8. The summed E-state index contributed by atoms with van der Waals surface area (Å²) >= 11 is 0. The van der Waals surface area contributed by atoms with E-state index in [0.717, 1.165) is 0 Å². The molecule has 4 heteroatoms. The third-order valence-electron chi connectivity index (χ3n) is 2.27. The van der Waals surface area contributed by atoms with Gasteiger partial charge in [-0.1, -0.05) is 0 Å². The fraction of sp³-hybridized carbons (Fsp3) is 0.700. The number of ketones is 2. The van der Waals surface area contributed by atoms with Crippen LogP contribution < -0.4 is 5.32 Å². The lowest BCUT2D eigenvalue weighted by atomic mass is 9.83. The van der Waals surface area contributed by atoms with Gasteiger partial charge < -0.3 is 5.32 Å². The summed E-state index contributed by atoms with van der Waals surface area (Å²) in [5.74, 6) is -1.34. The van der Waals surface area contributed by atoms with Crippen LogP contribution in [0.3, 0.4) is 0 Å². The first-order valence-electron chi connectivity index (χ1n) is 4.66. The lowest BCUT2D eigenvalue weighted by Crippen LogP contribution is -2.55. The summed E-state index contributed by atoms with van der Waals surface area (Å²) in [5.41, 5.74) is -0.471. The summed E-state index contributed by atoms with van der Waals surface area (Å²) in [7, 11) is 0. The predicted molar refractivity (Wildman–Crippen MR) is 50.6 cm³/mol. The van der Waals surface area contributed by atoms with Crippen molar-refractivity contribution in [2.75, 3.05) is 0 Å². The smallest absolute Gasteiger partial charge is 0.231 e. The standard InChI is InChI=1S/C10H15NO3/c1-6(12)4-7-8(13)5-10(2,3)11-9(7)14/h7H,4-5H2,1-3H3,(H,11,14). The molecular weight excluding hydrogens is 182 g/mol. The Morgan fingerprint density at radius 1 is 1.50 bits per heavy atom. The molecule has 0 saturated carbocycles. The molecule has 78 valence electrons. The van der Waals surface area contributed by atoms with Crippen LogP contribution in [0.1, 0.15) is 33.6 Å². The van der Waals surface area contributed by atoms with Crippen LogP contribution in [-0.4, -0.2) is 23.0 Å². The van der Waals surface area contributed by atoms with Crippen LogP contribution in [0.4, 0.5) is 0 Å². The Morgan fingerprint density at radius 3 is 2.50 bits per heavy atom. The van der Waals surface area contributed by atoms with E-state index in [1.165, 1.54) is 6.92 Å². The molecular formula is C10H15NO3. The molecule has 1 saturated heterocycles. The number of piperidine rings is 1. The molecule has 0 spiro atoms. The Labute approximate surface area is 83.1 Å². The molecule has 0 aromatic rings. The van der Waals surface area contributed by atoms with Crippen LogP contribution >= 0.6 is 0 Å². The first kappa shape index (κ1) is 10.9. The van der Waals surface area contributed by atoms with Crippen LogP contribution in [0.25, 0.3) is 0 Å². The van der Waals surface area contributed by atoms with Gasteiger partial charge in [0.05, 0.1) is 0 Å². The number of nitrogens with one attached hydrogen (secondary N) is 1. The molecule has 4 nitrogen and oxygen atoms in total. The van der Waals surface area contributed by atoms with Crippen molar-refractivity contribution in [1.82, 2.24) is 5.32 Å². The zero-order chi connectivity index (χ0) is 10.9. The van der Waals surface area contributed by atoms with Crippen LogP contribution in [-0.2, 0) is 14.4 Å². The first-order valence-corrected chi connectivity index (χ1v) is 4.66. The van der Waals surface area contributed by atoms with Crippen molar-refractivity contribution in [3.63, 3.8) is 0 Å². The molecule has 1 aliphatic rings. The quantitative estimate of drug-likeness (QED) is 0.654. The second-order valence-corrected chi connectivity index (χ2v) is 4.47. The Morgan fingerprint density at radius 2 is 2.07 bits per heavy atom. The second kappa shape index (κ2) is 3.52. The van der Waals surface area contributed by atoms with E-state index in [0.29, 0.717) is 6.42 Å². The summed E-state index contributed by atoms with van der Waals surface area (Å²) in [5, 5.41) is 2.73. The molecule has 0 radical (unpaired) electrons. The van der Waals surface area contributed by atoms with Gasteiger partial charge in [0, 0.05) is 18.4 Å². The summed E-state index contributed by atoms with van der Waals surface area (Å²) < 4.78 is 0. The number of hydrogen-bond donors (Lipinski definition) is 1. The predicted octanol–water partition coefficient (Wildman–Crippen LogP) is 0.449. The van der Waals surface area contributed by atoms with Gasteiger partial charge in [-0.3, -0.25) is 14.4 Å². The SMILES string of the molecule is CC(=O)CC1C(=O)CC(C)(C)NC1=O. The minimum atomic E-state index is -0.763. The highest BCUT2D eigenvalue weighted by Crippen LogP contribution is 2.22. The van der Waals surface area contributed by atoms with Crippen molar-refractivity contribution in [3.8, 4) is 0 Å². The Kier molecular flexibility index (Phi) is 2.73. The average molecular weight is 197 g/mol. The highest BCUT2D eigenvalue weighted by Gasteiger charge is 2.39. The van der Waals surface area contributed by atoms with Gasteiger partial charge in [-0.2, -0.15) is 0 Å². The highest BCUT2D eigenvalue weighted by molar-refractivity contribution is 6.06. The van der Waals surface area contributed by atoms with E-state index in [1.54, 1.807) is 13.8 Å². The minimum absolute atomic E-state index is 0.0285. The minimum Gasteiger partial charge on any atom is -0.350 e. The highest BCUT2D eigenvalue weighted by atomic mass is 16.2. The van der Waals surface area contributed by atoms with Crippen LogP contribution in [0.15, 0.2) is 0 Å². The molecule has 1 rings (SSSR count). The maximum absolute atomic E-state index is 11.5. The van der Waals surface area contributed by atoms with Crippen molar-refractivity contribution in [3.05, 3.63) is 0 Å². The van der Waals surface area contributed by atoms with Crippen molar-refractivity contribution < 1.29 is 14.4 Å². The maximum Gasteiger partial charge on any atom is 0.231 e. The number of carbonyl (C=O) groups excluding carboxylic acids is 3. The third-order valence-corrected chi connectivity index (χ3v) is 2.27. The summed E-state index contributed by atoms with van der Waals surface area (Å²) in [6.45, 7) is 4.99. The summed E-state index contributed by atoms with van der Waals surface area (Å²) in [6.07, 6.45) is 0.331. The lowest BCUT2D eigenvalue weighted by molar-refractivity contribution is -0.142. The van der Waals surface area contributed by atoms with Gasteiger partial charge in [0.1, 0.15) is 17.5 Å². The van der Waals surface area contributed by atoms with Gasteiger partial charge in [0.25, 0.3) is 0 Å². The molecule has 1 unspecified atom stereocenters. The van der Waals surface area contributed by atoms with Gasteiger partial charge in [0.15, 0.2) is 0 Å². The molecule has 1 amide bonds. The molecule has 1 aliphatic heterocycles. The molecule has 0 aromatic carbocycles. The molecule has 14 heavy (non-hydrogen) atoms. The number of carbonyl (C=O) groups is 3. The number of rotatable bonds is 2. The number of amides is 1. The second-order valence-electron chi connectivity index (χ2n) is 4.47. The molecule has 0 aliphatic carbocycles. The van der Waals surface area contributed by atoms with E-state index in [1.807, 2.05) is 0 Å². The van der Waals surface area contributed by atoms with Crippen molar-refractivity contribution in [1.29, 1.82) is 0 Å². The van der Waals surface area contributed by atoms with Gasteiger partial charge in [-0.25, -0.2) is 0 Å². The van der Waals surface area contributed by atoms with Gasteiger partial charge in [0.2, 0.25) is 5.91 Å². The Bertz CT molecular complexity index is 274. The van der Waals surface area contributed by atoms with Crippen molar-refractivity contribution in [2.24, 2.45) is 5.92 Å². The fourth-order valence-electron chi connectivity index (χ4n) is 1.66. The zero-order valence-corrected chi connectivity index (χ0v) is 8.72. The van der Waals surface area contributed by atoms with E-state index >= 15 is 0 Å². The summed E-state index contributed by atoms with van der Waals surface area (Å²) in [6, 6.07) is 0. The molecule has 0 bridgehead atoms. The topological polar surface area (TPSA) is 63.2 Å². The van der Waals surface area contributed by atoms with Gasteiger partial charge in [-0.05, 0) is 20.8 Å². The number of Topliss-reactive ketones (excluding diaryl/α,β-unsaturated/α-hetero) is 2. The molecule has 0 aromatic heterocycles. The van der Waals surface area contributed by atoms with Crippen LogP contribution in [0.5, 0.6) is 0 Å². The monoisotopic (exact) mass is 197 g/mol.